The molecule has 3 aliphatic rings. The Balaban J connectivity index is 1.33. The number of rotatable bonds is 7. The van der Waals surface area contributed by atoms with Crippen LogP contribution in [0.15, 0.2) is 60.9 Å². The molecule has 0 aliphatic carbocycles. The summed E-state index contributed by atoms with van der Waals surface area (Å²) in [6, 6.07) is 13.8. The van der Waals surface area contributed by atoms with E-state index in [9.17, 15) is 13.6 Å². The van der Waals surface area contributed by atoms with Crippen LogP contribution in [-0.2, 0) is 4.79 Å². The Hall–Kier alpha value is -4.40. The van der Waals surface area contributed by atoms with E-state index in [2.05, 4.69) is 21.3 Å². The van der Waals surface area contributed by atoms with Gasteiger partial charge >= 0.3 is 6.01 Å². The Bertz CT molecular complexity index is 1950. The first kappa shape index (κ1) is 31.2. The van der Waals surface area contributed by atoms with Crippen molar-refractivity contribution >= 4 is 45.0 Å². The van der Waals surface area contributed by atoms with Gasteiger partial charge in [-0.1, -0.05) is 54.6 Å². The first-order valence-corrected chi connectivity index (χ1v) is 16.0. The summed E-state index contributed by atoms with van der Waals surface area (Å²) in [6.07, 6.45) is 1.12. The van der Waals surface area contributed by atoms with E-state index in [4.69, 9.17) is 27.9 Å². The molecule has 0 bridgehead atoms. The zero-order valence-electron chi connectivity index (χ0n) is 25.6. The molecule has 3 atom stereocenters. The number of hydrogen-bond acceptors (Lipinski definition) is 6. The lowest BCUT2D eigenvalue weighted by atomic mass is 9.95. The number of amides is 1. The van der Waals surface area contributed by atoms with Crippen molar-refractivity contribution in [2.75, 3.05) is 50.8 Å². The Morgan fingerprint density at radius 3 is 2.70 bits per heavy atom. The Morgan fingerprint density at radius 1 is 1.11 bits per heavy atom. The van der Waals surface area contributed by atoms with Gasteiger partial charge in [-0.15, -0.1) is 0 Å². The van der Waals surface area contributed by atoms with Gasteiger partial charge in [0.25, 0.3) is 5.91 Å². The largest absolute Gasteiger partial charge is 0.461 e. The summed E-state index contributed by atoms with van der Waals surface area (Å²) in [6.45, 7) is 12.3. The van der Waals surface area contributed by atoms with Gasteiger partial charge in [-0.25, -0.2) is 19.7 Å². The van der Waals surface area contributed by atoms with E-state index in [1.165, 1.54) is 4.90 Å². The van der Waals surface area contributed by atoms with Crippen molar-refractivity contribution in [3.63, 3.8) is 0 Å². The molecule has 1 amide bonds. The highest BCUT2D eigenvalue weighted by Gasteiger charge is 2.49. The summed E-state index contributed by atoms with van der Waals surface area (Å²) >= 11 is 6.60. The monoisotopic (exact) mass is 660 g/mol. The SMILES string of the molecule is [C-]#[N+]C[C@H]1CN(c2nc(OC[C@@]34CCCN3C[C@H](F)C4)nc3c(F)c(-c4cccc5cccc(Cl)c45)ccc23)CCN1C(=O)C(=C)F. The van der Waals surface area contributed by atoms with Crippen molar-refractivity contribution < 1.29 is 22.7 Å². The van der Waals surface area contributed by atoms with Gasteiger partial charge in [0.15, 0.2) is 11.6 Å². The lowest BCUT2D eigenvalue weighted by molar-refractivity contribution is -0.131. The summed E-state index contributed by atoms with van der Waals surface area (Å²) in [4.78, 5) is 30.6. The number of alkyl halides is 1. The van der Waals surface area contributed by atoms with Crippen molar-refractivity contribution in [2.45, 2.75) is 37.0 Å². The number of ether oxygens (including phenoxy) is 1. The molecule has 1 aromatic heterocycles. The molecule has 0 N–H and O–H groups in total. The average molecular weight is 661 g/mol. The van der Waals surface area contributed by atoms with Crippen LogP contribution in [0.1, 0.15) is 19.3 Å². The summed E-state index contributed by atoms with van der Waals surface area (Å²) in [7, 11) is 0. The molecule has 3 saturated heterocycles. The van der Waals surface area contributed by atoms with E-state index >= 15 is 4.39 Å². The fourth-order valence-electron chi connectivity index (χ4n) is 7.54. The number of fused-ring (bicyclic) bond motifs is 3. The highest BCUT2D eigenvalue weighted by molar-refractivity contribution is 6.36. The molecule has 47 heavy (non-hydrogen) atoms. The van der Waals surface area contributed by atoms with Crippen LogP contribution in [0, 0.1) is 12.4 Å². The summed E-state index contributed by atoms with van der Waals surface area (Å²) in [5, 5.41) is 2.47. The van der Waals surface area contributed by atoms with Gasteiger partial charge in [-0.05, 0) is 42.5 Å². The van der Waals surface area contributed by atoms with E-state index in [1.54, 1.807) is 18.2 Å². The summed E-state index contributed by atoms with van der Waals surface area (Å²) in [5.41, 5.74) is 0.455. The smallest absolute Gasteiger partial charge is 0.319 e. The molecule has 3 aromatic carbocycles. The second-order valence-electron chi connectivity index (χ2n) is 12.5. The van der Waals surface area contributed by atoms with Crippen LogP contribution in [0.25, 0.3) is 37.6 Å². The van der Waals surface area contributed by atoms with Crippen LogP contribution in [-0.4, -0.2) is 89.3 Å². The normalized spacial score (nSPS) is 22.9. The lowest BCUT2D eigenvalue weighted by Crippen LogP contribution is -2.56. The van der Waals surface area contributed by atoms with Crippen LogP contribution in [0.4, 0.5) is 19.0 Å². The molecule has 242 valence electrons. The molecule has 12 heteroatoms. The topological polar surface area (TPSA) is 66.2 Å². The maximum Gasteiger partial charge on any atom is 0.319 e. The zero-order chi connectivity index (χ0) is 32.9. The molecule has 0 radical (unpaired) electrons. The second kappa shape index (κ2) is 12.3. The average Bonchev–Trinajstić information content (AvgIpc) is 3.59. The van der Waals surface area contributed by atoms with Gasteiger partial charge in [-0.3, -0.25) is 9.69 Å². The third-order valence-corrected chi connectivity index (χ3v) is 10.0. The first-order chi connectivity index (χ1) is 22.7. The number of carbonyl (C=O) groups is 1. The van der Waals surface area contributed by atoms with Gasteiger partial charge in [0.2, 0.25) is 6.54 Å². The first-order valence-electron chi connectivity index (χ1n) is 15.6. The fraction of sp³-hybridized carbons (Fsp3) is 0.371. The van der Waals surface area contributed by atoms with Gasteiger partial charge in [0.1, 0.15) is 30.2 Å². The molecule has 0 saturated carbocycles. The highest BCUT2D eigenvalue weighted by Crippen LogP contribution is 2.42. The molecule has 4 aromatic rings. The van der Waals surface area contributed by atoms with E-state index in [-0.39, 0.29) is 44.3 Å². The van der Waals surface area contributed by atoms with Crippen LogP contribution in [0.3, 0.4) is 0 Å². The minimum atomic E-state index is -1.09. The van der Waals surface area contributed by atoms with Crippen LogP contribution in [0.2, 0.25) is 5.02 Å². The van der Waals surface area contributed by atoms with Crippen molar-refractivity contribution in [3.05, 3.63) is 83.2 Å². The molecule has 4 heterocycles. The Kier molecular flexibility index (Phi) is 8.18. The molecular weight excluding hydrogens is 629 g/mol. The van der Waals surface area contributed by atoms with E-state index in [1.807, 2.05) is 35.2 Å². The summed E-state index contributed by atoms with van der Waals surface area (Å²) < 4.78 is 51.4. The standard InChI is InChI=1S/C35H32ClF3N6O2/c1-21(37)33(46)45-15-14-43(19-24(45)17-40-2)32-27-11-10-26(25-8-3-6-22-7-4-9-28(36)29(22)25)30(39)31(27)41-34(42-32)47-20-35-12-5-13-44(35)18-23(38)16-35/h3-4,6-11,23-24H,1,5,12-20H2/t23-,24+,35+/m1/s1. The van der Waals surface area contributed by atoms with Crippen molar-refractivity contribution in [1.29, 1.82) is 0 Å². The third kappa shape index (κ3) is 5.53. The van der Waals surface area contributed by atoms with Gasteiger partial charge in [0.05, 0.1) is 5.54 Å². The minimum Gasteiger partial charge on any atom is -0.461 e. The van der Waals surface area contributed by atoms with Crippen LogP contribution >= 0.6 is 11.6 Å². The molecule has 3 aliphatic heterocycles. The third-order valence-electron chi connectivity index (χ3n) is 9.72. The van der Waals surface area contributed by atoms with Crippen molar-refractivity contribution in [3.8, 4) is 17.1 Å². The van der Waals surface area contributed by atoms with Crippen LogP contribution < -0.4 is 9.64 Å². The number of halogens is 4. The molecular formula is C35H32ClF3N6O2. The van der Waals surface area contributed by atoms with E-state index < -0.39 is 35.3 Å². The highest BCUT2D eigenvalue weighted by atomic mass is 35.5. The van der Waals surface area contributed by atoms with Gasteiger partial charge < -0.3 is 19.4 Å². The fourth-order valence-corrected chi connectivity index (χ4v) is 7.82. The maximum absolute atomic E-state index is 16.8. The van der Waals surface area contributed by atoms with Gasteiger partial charge in [0, 0.05) is 54.0 Å². The Morgan fingerprint density at radius 2 is 1.91 bits per heavy atom. The zero-order valence-corrected chi connectivity index (χ0v) is 26.3. The lowest BCUT2D eigenvalue weighted by Gasteiger charge is -2.39. The second-order valence-corrected chi connectivity index (χ2v) is 12.9. The summed E-state index contributed by atoms with van der Waals surface area (Å²) in [5.74, 6) is -2.18. The van der Waals surface area contributed by atoms with Crippen molar-refractivity contribution in [1.82, 2.24) is 19.8 Å². The quantitative estimate of drug-likeness (QED) is 0.164. The van der Waals surface area contributed by atoms with Crippen molar-refractivity contribution in [2.24, 2.45) is 0 Å². The van der Waals surface area contributed by atoms with E-state index in [0.717, 1.165) is 24.8 Å². The number of anilines is 1. The molecule has 0 unspecified atom stereocenters. The number of hydrogen-bond donors (Lipinski definition) is 0. The van der Waals surface area contributed by atoms with E-state index in [0.29, 0.717) is 45.7 Å². The Labute approximate surface area is 275 Å². The van der Waals surface area contributed by atoms with Gasteiger partial charge in [-0.2, -0.15) is 9.97 Å². The van der Waals surface area contributed by atoms with Crippen LogP contribution in [0.5, 0.6) is 6.01 Å². The number of benzene rings is 3. The number of nitrogens with zero attached hydrogens (tertiary/aromatic N) is 6. The number of carbonyl (C=O) groups excluding carboxylic acids is 1. The molecule has 7 rings (SSSR count). The minimum absolute atomic E-state index is 0.0273. The number of piperazine rings is 1. The maximum atomic E-state index is 16.8. The number of aromatic nitrogens is 2. The molecule has 0 spiro atoms. The molecule has 3 fully saturated rings. The molecule has 8 nitrogen and oxygen atoms in total. The predicted octanol–water partition coefficient (Wildman–Crippen LogP) is 6.62. The predicted molar refractivity (Wildman–Crippen MR) is 175 cm³/mol.